The zero-order valence-electron chi connectivity index (χ0n) is 13.4. The lowest BCUT2D eigenvalue weighted by molar-refractivity contribution is 0.202. The Labute approximate surface area is 119 Å². The van der Waals surface area contributed by atoms with Crippen LogP contribution in [0.25, 0.3) is 0 Å². The number of rotatable bonds is 7. The second-order valence-electron chi connectivity index (χ2n) is 6.08. The molecule has 0 fully saturated rings. The summed E-state index contributed by atoms with van der Waals surface area (Å²) in [5, 5.41) is 3.46. The molecule has 1 aromatic rings. The summed E-state index contributed by atoms with van der Waals surface area (Å²) in [6, 6.07) is 9.75. The highest BCUT2D eigenvalue weighted by Crippen LogP contribution is 2.21. The van der Waals surface area contributed by atoms with Gasteiger partial charge in [-0.25, -0.2) is 0 Å². The molecule has 0 radical (unpaired) electrons. The van der Waals surface area contributed by atoms with Crippen molar-refractivity contribution < 1.29 is 0 Å². The number of nitrogens with one attached hydrogen (secondary N) is 1. The molecule has 0 bridgehead atoms. The highest BCUT2D eigenvalue weighted by atomic mass is 15.2. The van der Waals surface area contributed by atoms with Gasteiger partial charge >= 0.3 is 0 Å². The van der Waals surface area contributed by atoms with Crippen molar-refractivity contribution in [3.05, 3.63) is 35.4 Å². The van der Waals surface area contributed by atoms with Gasteiger partial charge in [0, 0.05) is 12.1 Å². The number of nitrogens with zero attached hydrogens (tertiary/aromatic N) is 1. The van der Waals surface area contributed by atoms with Gasteiger partial charge in [-0.1, -0.05) is 43.7 Å². The van der Waals surface area contributed by atoms with E-state index in [1.165, 1.54) is 17.5 Å². The summed E-state index contributed by atoms with van der Waals surface area (Å²) in [5.41, 5.74) is 2.69. The van der Waals surface area contributed by atoms with Crippen LogP contribution in [0, 0.1) is 12.8 Å². The minimum absolute atomic E-state index is 0.387. The summed E-state index contributed by atoms with van der Waals surface area (Å²) in [7, 11) is 4.28. The SMILES string of the molecule is CNC(c1ccc(C)cc1)C(C)N(C)CCC(C)C. The number of likely N-dealkylation sites (N-methyl/N-ethyl adjacent to an activating group) is 2. The first kappa shape index (κ1) is 16.2. The van der Waals surface area contributed by atoms with Crippen LogP contribution in [0.2, 0.25) is 0 Å². The van der Waals surface area contributed by atoms with Gasteiger partial charge in [0.05, 0.1) is 0 Å². The fourth-order valence-corrected chi connectivity index (χ4v) is 2.38. The van der Waals surface area contributed by atoms with Crippen molar-refractivity contribution in [3.63, 3.8) is 0 Å². The third-order valence-electron chi connectivity index (χ3n) is 3.98. The third-order valence-corrected chi connectivity index (χ3v) is 3.98. The molecule has 0 aliphatic heterocycles. The Bertz CT molecular complexity index is 356. The van der Waals surface area contributed by atoms with Crippen LogP contribution in [0.4, 0.5) is 0 Å². The van der Waals surface area contributed by atoms with Crippen LogP contribution in [0.3, 0.4) is 0 Å². The second-order valence-corrected chi connectivity index (χ2v) is 6.08. The number of hydrogen-bond acceptors (Lipinski definition) is 2. The van der Waals surface area contributed by atoms with Crippen molar-refractivity contribution in [2.75, 3.05) is 20.6 Å². The molecular formula is C17H30N2. The average Bonchev–Trinajstić information content (AvgIpc) is 2.38. The maximum Gasteiger partial charge on any atom is 0.0472 e. The monoisotopic (exact) mass is 262 g/mol. The highest BCUT2D eigenvalue weighted by Gasteiger charge is 2.21. The fourth-order valence-electron chi connectivity index (χ4n) is 2.38. The van der Waals surface area contributed by atoms with Gasteiger partial charge in [0.2, 0.25) is 0 Å². The van der Waals surface area contributed by atoms with Crippen LogP contribution in [-0.4, -0.2) is 31.6 Å². The molecule has 1 aromatic carbocycles. The average molecular weight is 262 g/mol. The molecular weight excluding hydrogens is 232 g/mol. The Kier molecular flexibility index (Phi) is 6.53. The first-order valence-electron chi connectivity index (χ1n) is 7.39. The van der Waals surface area contributed by atoms with E-state index in [-0.39, 0.29) is 0 Å². The normalized spacial score (nSPS) is 14.9. The molecule has 0 amide bonds. The molecule has 2 atom stereocenters. The second kappa shape index (κ2) is 7.66. The van der Waals surface area contributed by atoms with E-state index in [9.17, 15) is 0 Å². The predicted molar refractivity (Wildman–Crippen MR) is 84.5 cm³/mol. The molecule has 108 valence electrons. The van der Waals surface area contributed by atoms with Crippen LogP contribution in [0.15, 0.2) is 24.3 Å². The Balaban J connectivity index is 2.70. The van der Waals surface area contributed by atoms with Crippen LogP contribution < -0.4 is 5.32 Å². The Morgan fingerprint density at radius 1 is 1.11 bits per heavy atom. The van der Waals surface area contributed by atoms with Crippen molar-refractivity contribution in [3.8, 4) is 0 Å². The standard InChI is InChI=1S/C17H30N2/c1-13(2)11-12-19(6)15(4)17(18-5)16-9-7-14(3)8-10-16/h7-10,13,15,17-18H,11-12H2,1-6H3. The topological polar surface area (TPSA) is 15.3 Å². The van der Waals surface area contributed by atoms with E-state index >= 15 is 0 Å². The van der Waals surface area contributed by atoms with Crippen molar-refractivity contribution in [1.29, 1.82) is 0 Å². The summed E-state index contributed by atoms with van der Waals surface area (Å²) in [5.74, 6) is 0.766. The molecule has 0 spiro atoms. The van der Waals surface area contributed by atoms with Crippen LogP contribution in [0.5, 0.6) is 0 Å². The first-order chi connectivity index (χ1) is 8.95. The lowest BCUT2D eigenvalue weighted by Gasteiger charge is -2.32. The van der Waals surface area contributed by atoms with E-state index in [2.05, 4.69) is 76.3 Å². The zero-order chi connectivity index (χ0) is 14.4. The summed E-state index contributed by atoms with van der Waals surface area (Å²) in [6.45, 7) is 10.2. The number of aryl methyl sites for hydroxylation is 1. The van der Waals surface area contributed by atoms with Gasteiger partial charge in [-0.2, -0.15) is 0 Å². The van der Waals surface area contributed by atoms with Gasteiger partial charge in [0.25, 0.3) is 0 Å². The molecule has 0 aliphatic carbocycles. The highest BCUT2D eigenvalue weighted by molar-refractivity contribution is 5.25. The summed E-state index contributed by atoms with van der Waals surface area (Å²) < 4.78 is 0. The van der Waals surface area contributed by atoms with Crippen molar-refractivity contribution in [1.82, 2.24) is 10.2 Å². The molecule has 2 unspecified atom stereocenters. The van der Waals surface area contributed by atoms with E-state index in [1.54, 1.807) is 0 Å². The van der Waals surface area contributed by atoms with E-state index in [4.69, 9.17) is 0 Å². The quantitative estimate of drug-likeness (QED) is 0.807. The fraction of sp³-hybridized carbons (Fsp3) is 0.647. The Morgan fingerprint density at radius 3 is 2.16 bits per heavy atom. The van der Waals surface area contributed by atoms with Gasteiger partial charge in [0.1, 0.15) is 0 Å². The molecule has 0 saturated carbocycles. The van der Waals surface area contributed by atoms with Gasteiger partial charge in [-0.05, 0) is 52.4 Å². The largest absolute Gasteiger partial charge is 0.312 e. The van der Waals surface area contributed by atoms with Crippen molar-refractivity contribution in [2.45, 2.75) is 46.2 Å². The number of hydrogen-bond donors (Lipinski definition) is 1. The van der Waals surface area contributed by atoms with Gasteiger partial charge in [0.15, 0.2) is 0 Å². The van der Waals surface area contributed by atoms with Crippen molar-refractivity contribution in [2.24, 2.45) is 5.92 Å². The molecule has 1 rings (SSSR count). The lowest BCUT2D eigenvalue weighted by atomic mass is 9.98. The summed E-state index contributed by atoms with van der Waals surface area (Å²) in [6.07, 6.45) is 1.26. The van der Waals surface area contributed by atoms with Gasteiger partial charge in [-0.3, -0.25) is 0 Å². The maximum atomic E-state index is 3.46. The molecule has 0 saturated heterocycles. The van der Waals surface area contributed by atoms with Gasteiger partial charge < -0.3 is 10.2 Å². The van der Waals surface area contributed by atoms with E-state index < -0.39 is 0 Å². The van der Waals surface area contributed by atoms with E-state index in [1.807, 2.05) is 0 Å². The minimum Gasteiger partial charge on any atom is -0.312 e. The molecule has 2 heteroatoms. The predicted octanol–water partition coefficient (Wildman–Crippen LogP) is 3.62. The van der Waals surface area contributed by atoms with Crippen LogP contribution in [-0.2, 0) is 0 Å². The number of benzene rings is 1. The maximum absolute atomic E-state index is 3.46. The van der Waals surface area contributed by atoms with E-state index in [0.717, 1.165) is 12.5 Å². The van der Waals surface area contributed by atoms with Crippen molar-refractivity contribution >= 4 is 0 Å². The van der Waals surface area contributed by atoms with Crippen LogP contribution >= 0.6 is 0 Å². The third kappa shape index (κ3) is 4.96. The molecule has 0 heterocycles. The molecule has 2 nitrogen and oxygen atoms in total. The molecule has 0 aliphatic rings. The van der Waals surface area contributed by atoms with E-state index in [0.29, 0.717) is 12.1 Å². The molecule has 1 N–H and O–H groups in total. The summed E-state index contributed by atoms with van der Waals surface area (Å²) in [4.78, 5) is 2.46. The molecule has 19 heavy (non-hydrogen) atoms. The smallest absolute Gasteiger partial charge is 0.0472 e. The zero-order valence-corrected chi connectivity index (χ0v) is 13.4. The Hall–Kier alpha value is -0.860. The van der Waals surface area contributed by atoms with Crippen LogP contribution in [0.1, 0.15) is 44.4 Å². The Morgan fingerprint density at radius 2 is 1.68 bits per heavy atom. The molecule has 0 aromatic heterocycles. The minimum atomic E-state index is 0.387. The summed E-state index contributed by atoms with van der Waals surface area (Å²) >= 11 is 0. The lowest BCUT2D eigenvalue weighted by Crippen LogP contribution is -2.40. The van der Waals surface area contributed by atoms with Gasteiger partial charge in [-0.15, -0.1) is 0 Å². The first-order valence-corrected chi connectivity index (χ1v) is 7.39.